The Morgan fingerprint density at radius 2 is 1.89 bits per heavy atom. The van der Waals surface area contributed by atoms with Gasteiger partial charge in [0.2, 0.25) is 11.7 Å². The SMILES string of the molecule is COc1cccc(N2CC[NH+](CCCc3nc(-c4ccccc4)no3)CC2)c1. The third kappa shape index (κ3) is 4.51. The monoisotopic (exact) mass is 379 g/mol. The van der Waals surface area contributed by atoms with E-state index in [2.05, 4.69) is 33.2 Å². The van der Waals surface area contributed by atoms with Crippen LogP contribution in [0.2, 0.25) is 0 Å². The Hall–Kier alpha value is -2.86. The van der Waals surface area contributed by atoms with Gasteiger partial charge in [-0.25, -0.2) is 0 Å². The molecule has 4 rings (SSSR count). The Bertz CT molecular complexity index is 873. The molecule has 1 aliphatic rings. The molecule has 0 aliphatic carbocycles. The van der Waals surface area contributed by atoms with Crippen LogP contribution in [0, 0.1) is 0 Å². The molecule has 2 heterocycles. The highest BCUT2D eigenvalue weighted by atomic mass is 16.5. The van der Waals surface area contributed by atoms with Gasteiger partial charge in [0.05, 0.1) is 39.8 Å². The topological polar surface area (TPSA) is 55.8 Å². The first-order valence-electron chi connectivity index (χ1n) is 9.92. The summed E-state index contributed by atoms with van der Waals surface area (Å²) in [6.45, 7) is 5.57. The third-order valence-corrected chi connectivity index (χ3v) is 5.31. The van der Waals surface area contributed by atoms with Gasteiger partial charge in [-0.15, -0.1) is 0 Å². The van der Waals surface area contributed by atoms with Crippen molar-refractivity contribution in [3.8, 4) is 17.1 Å². The van der Waals surface area contributed by atoms with E-state index in [-0.39, 0.29) is 0 Å². The maximum Gasteiger partial charge on any atom is 0.227 e. The Balaban J connectivity index is 1.22. The minimum atomic E-state index is 0.676. The Morgan fingerprint density at radius 1 is 1.07 bits per heavy atom. The fraction of sp³-hybridized carbons (Fsp3) is 0.364. The molecular formula is C22H27N4O2+. The molecular weight excluding hydrogens is 352 g/mol. The van der Waals surface area contributed by atoms with Crippen LogP contribution in [0.1, 0.15) is 12.3 Å². The van der Waals surface area contributed by atoms with Gasteiger partial charge in [0.25, 0.3) is 0 Å². The number of quaternary nitrogens is 1. The number of nitrogens with one attached hydrogen (secondary N) is 1. The van der Waals surface area contributed by atoms with Crippen molar-refractivity contribution in [1.29, 1.82) is 0 Å². The molecule has 1 fully saturated rings. The lowest BCUT2D eigenvalue weighted by Gasteiger charge is -2.33. The summed E-state index contributed by atoms with van der Waals surface area (Å²) in [6.07, 6.45) is 1.90. The van der Waals surface area contributed by atoms with Crippen LogP contribution in [0.4, 0.5) is 5.69 Å². The molecule has 146 valence electrons. The summed E-state index contributed by atoms with van der Waals surface area (Å²) in [5.74, 6) is 2.32. The van der Waals surface area contributed by atoms with E-state index in [0.29, 0.717) is 5.82 Å². The number of rotatable bonds is 7. The molecule has 6 heteroatoms. The summed E-state index contributed by atoms with van der Waals surface area (Å²) in [7, 11) is 1.72. The predicted molar refractivity (Wildman–Crippen MR) is 109 cm³/mol. The number of benzene rings is 2. The quantitative estimate of drug-likeness (QED) is 0.681. The van der Waals surface area contributed by atoms with E-state index >= 15 is 0 Å². The molecule has 0 amide bonds. The smallest absolute Gasteiger partial charge is 0.227 e. The summed E-state index contributed by atoms with van der Waals surface area (Å²) in [6, 6.07) is 18.3. The highest BCUT2D eigenvalue weighted by Crippen LogP contribution is 2.20. The zero-order valence-corrected chi connectivity index (χ0v) is 16.3. The fourth-order valence-electron chi connectivity index (χ4n) is 3.69. The average molecular weight is 379 g/mol. The number of methoxy groups -OCH3 is 1. The molecule has 28 heavy (non-hydrogen) atoms. The van der Waals surface area contributed by atoms with E-state index < -0.39 is 0 Å². The normalized spacial score (nSPS) is 15.0. The van der Waals surface area contributed by atoms with Crippen molar-refractivity contribution in [2.45, 2.75) is 12.8 Å². The molecule has 1 N–H and O–H groups in total. The third-order valence-electron chi connectivity index (χ3n) is 5.31. The Labute approximate surface area is 165 Å². The van der Waals surface area contributed by atoms with E-state index in [1.807, 2.05) is 36.4 Å². The number of hydrogen-bond donors (Lipinski definition) is 1. The number of nitrogens with zero attached hydrogens (tertiary/aromatic N) is 3. The molecule has 0 unspecified atom stereocenters. The van der Waals surface area contributed by atoms with Gasteiger partial charge < -0.3 is 19.1 Å². The van der Waals surface area contributed by atoms with E-state index in [1.54, 1.807) is 12.0 Å². The van der Waals surface area contributed by atoms with Crippen molar-refractivity contribution < 1.29 is 14.2 Å². The first kappa shape index (κ1) is 18.5. The van der Waals surface area contributed by atoms with Gasteiger partial charge in [-0.1, -0.05) is 41.6 Å². The van der Waals surface area contributed by atoms with Gasteiger partial charge in [-0.3, -0.25) is 0 Å². The standard InChI is InChI=1S/C22H26N4O2/c1-27-20-10-5-9-19(17-20)26-15-13-25(14-16-26)12-6-11-21-23-22(24-28-21)18-7-3-2-4-8-18/h2-5,7-10,17H,6,11-16H2,1H3/p+1. The fourth-order valence-corrected chi connectivity index (χ4v) is 3.69. The minimum absolute atomic E-state index is 0.676. The van der Waals surface area contributed by atoms with Crippen LogP contribution in [0.5, 0.6) is 5.75 Å². The predicted octanol–water partition coefficient (Wildman–Crippen LogP) is 2.08. The maximum absolute atomic E-state index is 5.41. The van der Waals surface area contributed by atoms with Crippen LogP contribution in [0.25, 0.3) is 11.4 Å². The second kappa shape index (κ2) is 8.89. The summed E-state index contributed by atoms with van der Waals surface area (Å²) >= 11 is 0. The van der Waals surface area contributed by atoms with E-state index in [4.69, 9.17) is 9.26 Å². The van der Waals surface area contributed by atoms with Crippen LogP contribution in [0.3, 0.4) is 0 Å². The molecule has 0 saturated carbocycles. The molecule has 6 nitrogen and oxygen atoms in total. The van der Waals surface area contributed by atoms with E-state index in [0.717, 1.165) is 62.8 Å². The number of piperazine rings is 1. The zero-order chi connectivity index (χ0) is 19.2. The van der Waals surface area contributed by atoms with Crippen LogP contribution < -0.4 is 14.5 Å². The van der Waals surface area contributed by atoms with Crippen LogP contribution >= 0.6 is 0 Å². The number of anilines is 1. The minimum Gasteiger partial charge on any atom is -0.497 e. The lowest BCUT2D eigenvalue weighted by molar-refractivity contribution is -0.900. The van der Waals surface area contributed by atoms with E-state index in [9.17, 15) is 0 Å². The molecule has 0 bridgehead atoms. The van der Waals surface area contributed by atoms with Crippen LogP contribution in [-0.2, 0) is 6.42 Å². The molecule has 1 aliphatic heterocycles. The molecule has 1 saturated heterocycles. The summed E-state index contributed by atoms with van der Waals surface area (Å²) in [5.41, 5.74) is 2.24. The van der Waals surface area contributed by atoms with Crippen molar-refractivity contribution >= 4 is 5.69 Å². The van der Waals surface area contributed by atoms with Gasteiger partial charge in [-0.2, -0.15) is 4.98 Å². The first-order valence-corrected chi connectivity index (χ1v) is 9.92. The lowest BCUT2D eigenvalue weighted by Crippen LogP contribution is -3.14. The second-order valence-corrected chi connectivity index (χ2v) is 7.17. The van der Waals surface area contributed by atoms with Gasteiger partial charge >= 0.3 is 0 Å². The average Bonchev–Trinajstić information content (AvgIpc) is 3.24. The van der Waals surface area contributed by atoms with Crippen molar-refractivity contribution in [1.82, 2.24) is 10.1 Å². The molecule has 1 aromatic heterocycles. The summed E-state index contributed by atoms with van der Waals surface area (Å²) < 4.78 is 10.8. The van der Waals surface area contributed by atoms with Crippen molar-refractivity contribution in [3.63, 3.8) is 0 Å². The first-order chi connectivity index (χ1) is 13.8. The number of hydrogen-bond acceptors (Lipinski definition) is 5. The number of ether oxygens (including phenoxy) is 1. The molecule has 0 radical (unpaired) electrons. The molecule has 2 aromatic carbocycles. The van der Waals surface area contributed by atoms with Gasteiger partial charge in [0.15, 0.2) is 0 Å². The van der Waals surface area contributed by atoms with Crippen molar-refractivity contribution in [3.05, 3.63) is 60.5 Å². The molecule has 3 aromatic rings. The van der Waals surface area contributed by atoms with Gasteiger partial charge in [0, 0.05) is 30.2 Å². The van der Waals surface area contributed by atoms with E-state index in [1.165, 1.54) is 5.69 Å². The maximum atomic E-state index is 5.41. The highest BCUT2D eigenvalue weighted by molar-refractivity contribution is 5.53. The van der Waals surface area contributed by atoms with Crippen LogP contribution in [0.15, 0.2) is 59.1 Å². The van der Waals surface area contributed by atoms with Crippen molar-refractivity contribution in [2.75, 3.05) is 44.7 Å². The summed E-state index contributed by atoms with van der Waals surface area (Å²) in [5, 5.41) is 4.10. The lowest BCUT2D eigenvalue weighted by atomic mass is 10.2. The molecule has 0 atom stereocenters. The van der Waals surface area contributed by atoms with Gasteiger partial charge in [0.1, 0.15) is 5.75 Å². The van der Waals surface area contributed by atoms with Crippen LogP contribution in [-0.4, -0.2) is 50.0 Å². The highest BCUT2D eigenvalue weighted by Gasteiger charge is 2.20. The Morgan fingerprint density at radius 3 is 2.68 bits per heavy atom. The van der Waals surface area contributed by atoms with Gasteiger partial charge in [-0.05, 0) is 12.1 Å². The number of aryl methyl sites for hydroxylation is 1. The van der Waals surface area contributed by atoms with Crippen molar-refractivity contribution in [2.24, 2.45) is 0 Å². The largest absolute Gasteiger partial charge is 0.497 e. The Kier molecular flexibility index (Phi) is 5.87. The number of aromatic nitrogens is 2. The zero-order valence-electron chi connectivity index (χ0n) is 16.3. The summed E-state index contributed by atoms with van der Waals surface area (Å²) in [4.78, 5) is 8.61. The molecule has 0 spiro atoms. The second-order valence-electron chi connectivity index (χ2n) is 7.17.